The van der Waals surface area contributed by atoms with Crippen LogP contribution in [0, 0.1) is 5.92 Å². The predicted octanol–water partition coefficient (Wildman–Crippen LogP) is 0.806. The van der Waals surface area contributed by atoms with Gasteiger partial charge in [0.2, 0.25) is 0 Å². The number of nitrogens with one attached hydrogen (secondary N) is 1. The van der Waals surface area contributed by atoms with Crippen LogP contribution in [-0.4, -0.2) is 42.4 Å². The maximum atomic E-state index is 12.2. The molecule has 0 spiro atoms. The molecule has 0 amide bonds. The van der Waals surface area contributed by atoms with E-state index < -0.39 is 21.7 Å². The van der Waals surface area contributed by atoms with Crippen LogP contribution >= 0.6 is 0 Å². The standard InChI is InChI=1S/C11H22N2O4S/c1-9-5-4-6-13(8-9)18(16,17)12-11(2,3)7-10(14)15/h9,12H,4-8H2,1-3H3,(H,14,15). The Hall–Kier alpha value is -0.660. The smallest absolute Gasteiger partial charge is 0.305 e. The van der Waals surface area contributed by atoms with Crippen molar-refractivity contribution < 1.29 is 18.3 Å². The molecule has 106 valence electrons. The van der Waals surface area contributed by atoms with Crippen molar-refractivity contribution in [3.63, 3.8) is 0 Å². The monoisotopic (exact) mass is 278 g/mol. The van der Waals surface area contributed by atoms with Crippen LogP contribution in [0.5, 0.6) is 0 Å². The summed E-state index contributed by atoms with van der Waals surface area (Å²) in [5.74, 6) is -0.673. The first-order chi connectivity index (χ1) is 8.12. The molecule has 7 heteroatoms. The van der Waals surface area contributed by atoms with E-state index in [9.17, 15) is 13.2 Å². The highest BCUT2D eigenvalue weighted by atomic mass is 32.2. The molecule has 1 saturated heterocycles. The Balaban J connectivity index is 2.72. The van der Waals surface area contributed by atoms with E-state index in [-0.39, 0.29) is 6.42 Å². The molecule has 1 aliphatic heterocycles. The second kappa shape index (κ2) is 5.54. The fourth-order valence-electron chi connectivity index (χ4n) is 2.19. The van der Waals surface area contributed by atoms with Gasteiger partial charge in [-0.05, 0) is 32.6 Å². The molecule has 6 nitrogen and oxygen atoms in total. The Bertz CT molecular complexity index is 405. The maximum Gasteiger partial charge on any atom is 0.305 e. The Morgan fingerprint density at radius 1 is 1.50 bits per heavy atom. The van der Waals surface area contributed by atoms with Crippen molar-refractivity contribution in [2.45, 2.75) is 45.6 Å². The van der Waals surface area contributed by atoms with E-state index in [2.05, 4.69) is 4.72 Å². The quantitative estimate of drug-likeness (QED) is 0.779. The molecule has 0 aromatic carbocycles. The lowest BCUT2D eigenvalue weighted by atomic mass is 10.0. The average Bonchev–Trinajstić information content (AvgIpc) is 2.13. The number of hydrogen-bond donors (Lipinski definition) is 2. The van der Waals surface area contributed by atoms with Gasteiger partial charge in [-0.25, -0.2) is 0 Å². The van der Waals surface area contributed by atoms with Crippen LogP contribution in [0.15, 0.2) is 0 Å². The zero-order chi connectivity index (χ0) is 14.0. The molecule has 1 aliphatic rings. The molecular weight excluding hydrogens is 256 g/mol. The lowest BCUT2D eigenvalue weighted by Crippen LogP contribution is -2.53. The molecule has 0 aromatic rings. The summed E-state index contributed by atoms with van der Waals surface area (Å²) in [4.78, 5) is 10.7. The highest BCUT2D eigenvalue weighted by Crippen LogP contribution is 2.19. The van der Waals surface area contributed by atoms with Crippen molar-refractivity contribution in [1.29, 1.82) is 0 Å². The van der Waals surface area contributed by atoms with Gasteiger partial charge in [0.1, 0.15) is 0 Å². The van der Waals surface area contributed by atoms with Crippen molar-refractivity contribution in [1.82, 2.24) is 9.03 Å². The molecule has 1 heterocycles. The lowest BCUT2D eigenvalue weighted by molar-refractivity contribution is -0.138. The van der Waals surface area contributed by atoms with E-state index in [4.69, 9.17) is 5.11 Å². The summed E-state index contributed by atoms with van der Waals surface area (Å²) in [6.45, 7) is 6.17. The average molecular weight is 278 g/mol. The molecule has 1 atom stereocenters. The molecular formula is C11H22N2O4S. The number of rotatable bonds is 5. The maximum absolute atomic E-state index is 12.2. The van der Waals surface area contributed by atoms with Gasteiger partial charge in [-0.3, -0.25) is 4.79 Å². The topological polar surface area (TPSA) is 86.7 Å². The van der Waals surface area contributed by atoms with E-state index >= 15 is 0 Å². The first-order valence-corrected chi connectivity index (χ1v) is 7.57. The molecule has 0 radical (unpaired) electrons. The zero-order valence-electron chi connectivity index (χ0n) is 11.1. The Morgan fingerprint density at radius 2 is 2.11 bits per heavy atom. The molecule has 2 N–H and O–H groups in total. The highest BCUT2D eigenvalue weighted by molar-refractivity contribution is 7.87. The van der Waals surface area contributed by atoms with Crippen molar-refractivity contribution in [3.8, 4) is 0 Å². The molecule has 0 aliphatic carbocycles. The van der Waals surface area contributed by atoms with Gasteiger partial charge >= 0.3 is 5.97 Å². The number of carboxylic acid groups (broad SMARTS) is 1. The summed E-state index contributed by atoms with van der Waals surface area (Å²) in [7, 11) is -3.60. The fraction of sp³-hybridized carbons (Fsp3) is 0.909. The van der Waals surface area contributed by atoms with Crippen LogP contribution in [0.4, 0.5) is 0 Å². The highest BCUT2D eigenvalue weighted by Gasteiger charge is 2.33. The second-order valence-corrected chi connectivity index (χ2v) is 7.34. The minimum absolute atomic E-state index is 0.240. The summed E-state index contributed by atoms with van der Waals surface area (Å²) in [5, 5.41) is 8.75. The van der Waals surface area contributed by atoms with Crippen LogP contribution in [0.25, 0.3) is 0 Å². The third-order valence-corrected chi connectivity index (χ3v) is 4.78. The van der Waals surface area contributed by atoms with Crippen LogP contribution < -0.4 is 4.72 Å². The van der Waals surface area contributed by atoms with Crippen LogP contribution in [0.2, 0.25) is 0 Å². The van der Waals surface area contributed by atoms with E-state index in [1.807, 2.05) is 6.92 Å². The van der Waals surface area contributed by atoms with Crippen molar-refractivity contribution in [2.24, 2.45) is 5.92 Å². The van der Waals surface area contributed by atoms with Crippen LogP contribution in [-0.2, 0) is 15.0 Å². The van der Waals surface area contributed by atoms with E-state index in [1.54, 1.807) is 13.8 Å². The minimum atomic E-state index is -3.60. The molecule has 1 unspecified atom stereocenters. The molecule has 0 bridgehead atoms. The normalized spacial score (nSPS) is 22.9. The first-order valence-electron chi connectivity index (χ1n) is 6.13. The molecule has 1 fully saturated rings. The summed E-state index contributed by atoms with van der Waals surface area (Å²) in [6.07, 6.45) is 1.64. The minimum Gasteiger partial charge on any atom is -0.481 e. The number of aliphatic carboxylic acids is 1. The van der Waals surface area contributed by atoms with E-state index in [1.165, 1.54) is 4.31 Å². The van der Waals surface area contributed by atoms with Crippen LogP contribution in [0.3, 0.4) is 0 Å². The van der Waals surface area contributed by atoms with Crippen LogP contribution in [0.1, 0.15) is 40.0 Å². The number of piperidine rings is 1. The zero-order valence-corrected chi connectivity index (χ0v) is 12.0. The van der Waals surface area contributed by atoms with Crippen molar-refractivity contribution in [3.05, 3.63) is 0 Å². The lowest BCUT2D eigenvalue weighted by Gasteiger charge is -2.33. The summed E-state index contributed by atoms with van der Waals surface area (Å²) < 4.78 is 28.2. The Morgan fingerprint density at radius 3 is 2.61 bits per heavy atom. The summed E-state index contributed by atoms with van der Waals surface area (Å²) in [5.41, 5.74) is -0.981. The van der Waals surface area contributed by atoms with Gasteiger partial charge in [0.25, 0.3) is 10.2 Å². The molecule has 0 saturated carbocycles. The van der Waals surface area contributed by atoms with Crippen molar-refractivity contribution in [2.75, 3.05) is 13.1 Å². The Labute approximate surface area is 109 Å². The van der Waals surface area contributed by atoms with Gasteiger partial charge in [-0.2, -0.15) is 17.4 Å². The third kappa shape index (κ3) is 4.55. The van der Waals surface area contributed by atoms with Gasteiger partial charge in [-0.1, -0.05) is 6.92 Å². The molecule has 18 heavy (non-hydrogen) atoms. The van der Waals surface area contributed by atoms with Gasteiger partial charge in [0.05, 0.1) is 6.42 Å². The first kappa shape index (κ1) is 15.4. The van der Waals surface area contributed by atoms with E-state index in [0.29, 0.717) is 19.0 Å². The second-order valence-electron chi connectivity index (χ2n) is 5.67. The number of carboxylic acids is 1. The van der Waals surface area contributed by atoms with Gasteiger partial charge in [0, 0.05) is 18.6 Å². The molecule has 0 aromatic heterocycles. The van der Waals surface area contributed by atoms with Gasteiger partial charge in [0.15, 0.2) is 0 Å². The Kier molecular flexibility index (Phi) is 4.74. The number of carbonyl (C=O) groups is 1. The predicted molar refractivity (Wildman–Crippen MR) is 68.4 cm³/mol. The van der Waals surface area contributed by atoms with Gasteiger partial charge in [-0.15, -0.1) is 0 Å². The van der Waals surface area contributed by atoms with Gasteiger partial charge < -0.3 is 5.11 Å². The van der Waals surface area contributed by atoms with Crippen molar-refractivity contribution >= 4 is 16.2 Å². The largest absolute Gasteiger partial charge is 0.481 e. The summed E-state index contributed by atoms with van der Waals surface area (Å²) >= 11 is 0. The summed E-state index contributed by atoms with van der Waals surface area (Å²) in [6, 6.07) is 0. The third-order valence-electron chi connectivity index (χ3n) is 2.96. The fourth-order valence-corrected chi connectivity index (χ4v) is 3.91. The number of hydrogen-bond acceptors (Lipinski definition) is 3. The SMILES string of the molecule is CC1CCCN(S(=O)(=O)NC(C)(C)CC(=O)O)C1. The van der Waals surface area contributed by atoms with E-state index in [0.717, 1.165) is 12.8 Å². The number of nitrogens with zero attached hydrogens (tertiary/aromatic N) is 1. The molecule has 1 rings (SSSR count).